The van der Waals surface area contributed by atoms with E-state index in [-0.39, 0.29) is 4.08 Å². The predicted octanol–water partition coefficient (Wildman–Crippen LogP) is 8.24. The van der Waals surface area contributed by atoms with E-state index in [2.05, 4.69) is 6.92 Å². The fourth-order valence-corrected chi connectivity index (χ4v) is 6.27. The Bertz CT molecular complexity index is 1220. The molecule has 0 bridgehead atoms. The maximum absolute atomic E-state index is 11.0. The Morgan fingerprint density at radius 3 is 2.03 bits per heavy atom. The number of hydrogen-bond donors (Lipinski definition) is 1. The van der Waals surface area contributed by atoms with Gasteiger partial charge in [-0.3, -0.25) is 0 Å². The number of carbonyl (C=O) groups is 1. The van der Waals surface area contributed by atoms with Gasteiger partial charge in [-0.25, -0.2) is 4.79 Å². The van der Waals surface area contributed by atoms with Crippen molar-refractivity contribution in [2.45, 2.75) is 22.5 Å². The van der Waals surface area contributed by atoms with Gasteiger partial charge in [0.15, 0.2) is 17.9 Å². The SMILES string of the molecule is CC(SCc1ccc(Cl)cc1)(SCc1ccc(Cl)cc1)c1coc2c(OCC(=O)O)cccc12. The number of carboxylic acids is 1. The van der Waals surface area contributed by atoms with E-state index < -0.39 is 12.6 Å². The van der Waals surface area contributed by atoms with Gasteiger partial charge in [-0.2, -0.15) is 0 Å². The molecule has 176 valence electrons. The van der Waals surface area contributed by atoms with Crippen molar-refractivity contribution in [3.8, 4) is 5.75 Å². The molecule has 3 aromatic carbocycles. The zero-order valence-corrected chi connectivity index (χ0v) is 21.4. The standard InChI is InChI=1S/C26H22Cl2O4S2/c1-26(33-15-17-5-9-19(27)10-6-17,34-16-18-7-11-20(28)12-8-18)22-13-32-25-21(22)3-2-4-23(25)31-14-24(29)30/h2-13H,14-16H2,1H3,(H,29,30). The van der Waals surface area contributed by atoms with Gasteiger partial charge in [-0.15, -0.1) is 23.5 Å². The van der Waals surface area contributed by atoms with Crippen molar-refractivity contribution in [2.75, 3.05) is 6.61 Å². The highest BCUT2D eigenvalue weighted by Crippen LogP contribution is 2.52. The normalized spacial score (nSPS) is 11.6. The molecule has 34 heavy (non-hydrogen) atoms. The fourth-order valence-electron chi connectivity index (χ4n) is 3.44. The number of ether oxygens (including phenoxy) is 1. The Kier molecular flexibility index (Phi) is 8.04. The minimum Gasteiger partial charge on any atom is -0.479 e. The molecule has 1 N–H and O–H groups in total. The summed E-state index contributed by atoms with van der Waals surface area (Å²) in [5.74, 6) is 0.941. The highest BCUT2D eigenvalue weighted by molar-refractivity contribution is 8.16. The molecular formula is C26H22Cl2O4S2. The van der Waals surface area contributed by atoms with Gasteiger partial charge < -0.3 is 14.3 Å². The fraction of sp³-hybridized carbons (Fsp3) is 0.192. The first kappa shape index (κ1) is 24.9. The van der Waals surface area contributed by atoms with Crippen molar-refractivity contribution >= 4 is 63.7 Å². The summed E-state index contributed by atoms with van der Waals surface area (Å²) in [5.41, 5.74) is 3.90. The predicted molar refractivity (Wildman–Crippen MR) is 142 cm³/mol. The maximum atomic E-state index is 11.0. The molecule has 4 rings (SSSR count). The van der Waals surface area contributed by atoms with Crippen LogP contribution in [0.3, 0.4) is 0 Å². The molecule has 4 aromatic rings. The summed E-state index contributed by atoms with van der Waals surface area (Å²) in [4.78, 5) is 11.0. The number of halogens is 2. The van der Waals surface area contributed by atoms with Crippen LogP contribution in [0, 0.1) is 0 Å². The molecule has 0 amide bonds. The monoisotopic (exact) mass is 532 g/mol. The Morgan fingerprint density at radius 2 is 1.50 bits per heavy atom. The molecule has 0 spiro atoms. The van der Waals surface area contributed by atoms with Crippen molar-refractivity contribution in [3.05, 3.63) is 99.7 Å². The van der Waals surface area contributed by atoms with Crippen LogP contribution in [0.25, 0.3) is 11.0 Å². The number of furan rings is 1. The van der Waals surface area contributed by atoms with Crippen molar-refractivity contribution in [2.24, 2.45) is 0 Å². The third kappa shape index (κ3) is 6.05. The lowest BCUT2D eigenvalue weighted by Crippen LogP contribution is -2.13. The molecule has 0 aliphatic carbocycles. The summed E-state index contributed by atoms with van der Waals surface area (Å²) in [6.45, 7) is 1.76. The van der Waals surface area contributed by atoms with Gasteiger partial charge >= 0.3 is 5.97 Å². The molecule has 0 atom stereocenters. The average Bonchev–Trinajstić information content (AvgIpc) is 3.28. The highest BCUT2D eigenvalue weighted by atomic mass is 35.5. The van der Waals surface area contributed by atoms with Crippen molar-refractivity contribution in [1.29, 1.82) is 0 Å². The Balaban J connectivity index is 1.65. The Hall–Kier alpha value is -2.25. The lowest BCUT2D eigenvalue weighted by molar-refractivity contribution is -0.139. The second-order valence-corrected chi connectivity index (χ2v) is 11.7. The minimum absolute atomic E-state index is 0.365. The average molecular weight is 533 g/mol. The van der Waals surface area contributed by atoms with Crippen molar-refractivity contribution in [1.82, 2.24) is 0 Å². The first-order valence-electron chi connectivity index (χ1n) is 10.5. The molecular weight excluding hydrogens is 511 g/mol. The number of fused-ring (bicyclic) bond motifs is 1. The van der Waals surface area contributed by atoms with Crippen LogP contribution in [0.15, 0.2) is 77.4 Å². The molecule has 1 aromatic heterocycles. The van der Waals surface area contributed by atoms with Crippen LogP contribution in [0.5, 0.6) is 5.75 Å². The topological polar surface area (TPSA) is 59.7 Å². The molecule has 0 fully saturated rings. The summed E-state index contributed by atoms with van der Waals surface area (Å²) in [5, 5.41) is 11.3. The molecule has 8 heteroatoms. The van der Waals surface area contributed by atoms with Gasteiger partial charge in [0.05, 0.1) is 10.3 Å². The number of thioether (sulfide) groups is 2. The van der Waals surface area contributed by atoms with Crippen molar-refractivity contribution < 1.29 is 19.1 Å². The van der Waals surface area contributed by atoms with E-state index >= 15 is 0 Å². The molecule has 0 saturated heterocycles. The third-order valence-electron chi connectivity index (χ3n) is 5.26. The third-order valence-corrected chi connectivity index (χ3v) is 8.97. The van der Waals surface area contributed by atoms with Gasteiger partial charge in [0.1, 0.15) is 0 Å². The zero-order valence-electron chi connectivity index (χ0n) is 18.3. The van der Waals surface area contributed by atoms with E-state index in [1.54, 1.807) is 35.9 Å². The van der Waals surface area contributed by atoms with E-state index in [0.717, 1.165) is 22.5 Å². The van der Waals surface area contributed by atoms with Crippen LogP contribution in [0.2, 0.25) is 10.0 Å². The molecule has 1 heterocycles. The van der Waals surface area contributed by atoms with Crippen LogP contribution in [-0.4, -0.2) is 17.7 Å². The number of aliphatic carboxylic acids is 1. The maximum Gasteiger partial charge on any atom is 0.341 e. The summed E-state index contributed by atoms with van der Waals surface area (Å²) in [6.07, 6.45) is 1.75. The highest BCUT2D eigenvalue weighted by Gasteiger charge is 2.32. The van der Waals surface area contributed by atoms with Crippen molar-refractivity contribution in [3.63, 3.8) is 0 Å². The van der Waals surface area contributed by atoms with Crippen LogP contribution >= 0.6 is 46.7 Å². The largest absolute Gasteiger partial charge is 0.479 e. The Morgan fingerprint density at radius 1 is 0.941 bits per heavy atom. The number of para-hydroxylation sites is 1. The minimum atomic E-state index is -1.04. The lowest BCUT2D eigenvalue weighted by Gasteiger charge is -2.28. The van der Waals surface area contributed by atoms with E-state index in [9.17, 15) is 4.79 Å². The van der Waals surface area contributed by atoms with Crippen LogP contribution in [-0.2, 0) is 20.4 Å². The van der Waals surface area contributed by atoms with E-state index in [0.29, 0.717) is 21.4 Å². The molecule has 0 saturated carbocycles. The Labute approximate surface area is 216 Å². The molecule has 0 radical (unpaired) electrons. The molecule has 0 aliphatic rings. The van der Waals surface area contributed by atoms with E-state index in [4.69, 9.17) is 37.5 Å². The molecule has 4 nitrogen and oxygen atoms in total. The first-order valence-corrected chi connectivity index (χ1v) is 13.2. The summed E-state index contributed by atoms with van der Waals surface area (Å²) < 4.78 is 11.0. The van der Waals surface area contributed by atoms with Crippen LogP contribution in [0.1, 0.15) is 23.6 Å². The number of rotatable bonds is 10. The number of benzene rings is 3. The van der Waals surface area contributed by atoms with Gasteiger partial charge in [0.25, 0.3) is 0 Å². The quantitative estimate of drug-likeness (QED) is 0.207. The molecule has 0 aliphatic heterocycles. The van der Waals surface area contributed by atoms with Crippen LogP contribution in [0.4, 0.5) is 0 Å². The lowest BCUT2D eigenvalue weighted by atomic mass is 10.1. The van der Waals surface area contributed by atoms with Crippen LogP contribution < -0.4 is 4.74 Å². The summed E-state index contributed by atoms with van der Waals surface area (Å²) >= 11 is 15.7. The smallest absolute Gasteiger partial charge is 0.341 e. The van der Waals surface area contributed by atoms with Gasteiger partial charge in [0, 0.05) is 32.5 Å². The number of carboxylic acid groups (broad SMARTS) is 1. The zero-order chi connectivity index (χ0) is 24.1. The second-order valence-electron chi connectivity index (χ2n) is 7.74. The first-order chi connectivity index (χ1) is 16.3. The molecule has 0 unspecified atom stereocenters. The van der Waals surface area contributed by atoms with Gasteiger partial charge in [-0.1, -0.05) is 59.6 Å². The van der Waals surface area contributed by atoms with E-state index in [1.807, 2.05) is 60.7 Å². The second kappa shape index (κ2) is 11.0. The summed E-state index contributed by atoms with van der Waals surface area (Å²) in [7, 11) is 0. The summed E-state index contributed by atoms with van der Waals surface area (Å²) in [6, 6.07) is 21.3. The van der Waals surface area contributed by atoms with Gasteiger partial charge in [-0.05, 0) is 48.4 Å². The van der Waals surface area contributed by atoms with Gasteiger partial charge in [0.2, 0.25) is 0 Å². The number of hydrogen-bond acceptors (Lipinski definition) is 5. The van der Waals surface area contributed by atoms with E-state index in [1.165, 1.54) is 11.1 Å².